The summed E-state index contributed by atoms with van der Waals surface area (Å²) in [5, 5.41) is 5.76. The molecular formula is C13H13N3OS. The van der Waals surface area contributed by atoms with E-state index in [-0.39, 0.29) is 5.91 Å². The molecule has 18 heavy (non-hydrogen) atoms. The molecule has 2 heterocycles. The average Bonchev–Trinajstić information content (AvgIpc) is 2.71. The highest BCUT2D eigenvalue weighted by atomic mass is 32.1. The lowest BCUT2D eigenvalue weighted by atomic mass is 10.2. The molecule has 92 valence electrons. The molecule has 0 aromatic carbocycles. The number of thiophene rings is 1. The zero-order valence-corrected chi connectivity index (χ0v) is 11.0. The second-order valence-corrected chi connectivity index (χ2v) is 4.90. The Morgan fingerprint density at radius 1 is 1.50 bits per heavy atom. The number of hydrazone groups is 1. The van der Waals surface area contributed by atoms with Crippen LogP contribution < -0.4 is 5.43 Å². The fraction of sp³-hybridized carbons (Fsp3) is 0.154. The van der Waals surface area contributed by atoms with Crippen molar-refractivity contribution in [3.8, 4) is 0 Å². The molecular weight excluding hydrogens is 246 g/mol. The molecule has 1 amide bonds. The Morgan fingerprint density at radius 3 is 2.94 bits per heavy atom. The quantitative estimate of drug-likeness (QED) is 0.680. The molecule has 5 heteroatoms. The zero-order chi connectivity index (χ0) is 13.0. The van der Waals surface area contributed by atoms with Gasteiger partial charge >= 0.3 is 0 Å². The SMILES string of the molecule is Cc1scc(C(=O)N/N=C/c2cccnc2)c1C. The summed E-state index contributed by atoms with van der Waals surface area (Å²) in [4.78, 5) is 16.9. The van der Waals surface area contributed by atoms with Crippen LogP contribution in [0, 0.1) is 13.8 Å². The number of hydrogen-bond acceptors (Lipinski definition) is 4. The van der Waals surface area contributed by atoms with Crippen molar-refractivity contribution in [2.45, 2.75) is 13.8 Å². The molecule has 0 aliphatic carbocycles. The Balaban J connectivity index is 2.01. The zero-order valence-electron chi connectivity index (χ0n) is 10.2. The van der Waals surface area contributed by atoms with E-state index in [2.05, 4.69) is 15.5 Å². The van der Waals surface area contributed by atoms with Crippen LogP contribution in [-0.2, 0) is 0 Å². The van der Waals surface area contributed by atoms with Crippen LogP contribution in [-0.4, -0.2) is 17.1 Å². The molecule has 0 saturated heterocycles. The molecule has 0 aliphatic heterocycles. The van der Waals surface area contributed by atoms with Gasteiger partial charge in [0, 0.05) is 28.2 Å². The minimum Gasteiger partial charge on any atom is -0.267 e. The molecule has 0 aliphatic rings. The molecule has 2 aromatic rings. The number of amides is 1. The fourth-order valence-corrected chi connectivity index (χ4v) is 2.28. The van der Waals surface area contributed by atoms with E-state index in [1.165, 1.54) is 0 Å². The van der Waals surface area contributed by atoms with Gasteiger partial charge in [-0.15, -0.1) is 11.3 Å². The van der Waals surface area contributed by atoms with Crippen LogP contribution in [0.15, 0.2) is 35.0 Å². The summed E-state index contributed by atoms with van der Waals surface area (Å²) in [6, 6.07) is 3.68. The van der Waals surface area contributed by atoms with Crippen LogP contribution in [0.1, 0.15) is 26.4 Å². The molecule has 0 spiro atoms. The lowest BCUT2D eigenvalue weighted by Gasteiger charge is -1.98. The summed E-state index contributed by atoms with van der Waals surface area (Å²) in [5.74, 6) is -0.183. The van der Waals surface area contributed by atoms with Gasteiger partial charge in [-0.05, 0) is 25.5 Å². The Hall–Kier alpha value is -2.01. The van der Waals surface area contributed by atoms with Crippen molar-refractivity contribution in [3.63, 3.8) is 0 Å². The summed E-state index contributed by atoms with van der Waals surface area (Å²) in [5.41, 5.74) is 5.04. The van der Waals surface area contributed by atoms with E-state index in [0.717, 1.165) is 16.0 Å². The molecule has 4 nitrogen and oxygen atoms in total. The number of hydrogen-bond donors (Lipinski definition) is 1. The number of nitrogens with one attached hydrogen (secondary N) is 1. The molecule has 1 N–H and O–H groups in total. The standard InChI is InChI=1S/C13H13N3OS/c1-9-10(2)18-8-12(9)13(17)16-15-7-11-4-3-5-14-6-11/h3-8H,1-2H3,(H,16,17)/b15-7+. The number of pyridine rings is 1. The molecule has 0 atom stereocenters. The third kappa shape index (κ3) is 2.81. The molecule has 0 fully saturated rings. The first-order chi connectivity index (χ1) is 8.68. The van der Waals surface area contributed by atoms with Crippen LogP contribution in [0.5, 0.6) is 0 Å². The van der Waals surface area contributed by atoms with Gasteiger partial charge in [-0.2, -0.15) is 5.10 Å². The minimum atomic E-state index is -0.183. The number of nitrogens with zero attached hydrogens (tertiary/aromatic N) is 2. The van der Waals surface area contributed by atoms with Crippen molar-refractivity contribution in [2.24, 2.45) is 5.10 Å². The summed E-state index contributed by atoms with van der Waals surface area (Å²) in [6.45, 7) is 3.93. The van der Waals surface area contributed by atoms with E-state index in [0.29, 0.717) is 5.56 Å². The molecule has 2 rings (SSSR count). The van der Waals surface area contributed by atoms with Gasteiger partial charge < -0.3 is 0 Å². The third-order valence-electron chi connectivity index (χ3n) is 2.59. The molecule has 0 radical (unpaired) electrons. The number of carbonyl (C=O) groups excluding carboxylic acids is 1. The van der Waals surface area contributed by atoms with Crippen molar-refractivity contribution in [1.29, 1.82) is 0 Å². The fourth-order valence-electron chi connectivity index (χ4n) is 1.42. The first-order valence-corrected chi connectivity index (χ1v) is 6.34. The van der Waals surface area contributed by atoms with Gasteiger partial charge in [0.25, 0.3) is 5.91 Å². The largest absolute Gasteiger partial charge is 0.272 e. The second-order valence-electron chi connectivity index (χ2n) is 3.82. The predicted octanol–water partition coefficient (Wildman–Crippen LogP) is 2.52. The first kappa shape index (κ1) is 12.4. The van der Waals surface area contributed by atoms with Crippen LogP contribution >= 0.6 is 11.3 Å². The summed E-state index contributed by atoms with van der Waals surface area (Å²) in [7, 11) is 0. The van der Waals surface area contributed by atoms with Gasteiger partial charge in [0.05, 0.1) is 11.8 Å². The monoisotopic (exact) mass is 259 g/mol. The highest BCUT2D eigenvalue weighted by Gasteiger charge is 2.11. The normalized spacial score (nSPS) is 10.8. The van der Waals surface area contributed by atoms with E-state index in [9.17, 15) is 4.79 Å². The van der Waals surface area contributed by atoms with Crippen molar-refractivity contribution in [1.82, 2.24) is 10.4 Å². The topological polar surface area (TPSA) is 54.4 Å². The molecule has 0 bridgehead atoms. The van der Waals surface area contributed by atoms with Crippen molar-refractivity contribution in [2.75, 3.05) is 0 Å². The Kier molecular flexibility index (Phi) is 3.84. The molecule has 0 saturated carbocycles. The first-order valence-electron chi connectivity index (χ1n) is 5.46. The maximum absolute atomic E-state index is 11.8. The van der Waals surface area contributed by atoms with Crippen molar-refractivity contribution >= 4 is 23.5 Å². The van der Waals surface area contributed by atoms with E-state index in [1.54, 1.807) is 29.9 Å². The summed E-state index contributed by atoms with van der Waals surface area (Å²) >= 11 is 1.57. The Labute approximate surface area is 109 Å². The number of aryl methyl sites for hydroxylation is 1. The lowest BCUT2D eigenvalue weighted by molar-refractivity contribution is 0.0955. The highest BCUT2D eigenvalue weighted by Crippen LogP contribution is 2.20. The Bertz CT molecular complexity index is 575. The molecule has 2 aromatic heterocycles. The van der Waals surface area contributed by atoms with Gasteiger partial charge in [-0.1, -0.05) is 6.07 Å². The molecule has 0 unspecified atom stereocenters. The minimum absolute atomic E-state index is 0.183. The van der Waals surface area contributed by atoms with Crippen LogP contribution in [0.4, 0.5) is 0 Å². The Morgan fingerprint density at radius 2 is 2.33 bits per heavy atom. The number of rotatable bonds is 3. The highest BCUT2D eigenvalue weighted by molar-refractivity contribution is 7.10. The number of aromatic nitrogens is 1. The predicted molar refractivity (Wildman–Crippen MR) is 73.1 cm³/mol. The third-order valence-corrected chi connectivity index (χ3v) is 3.61. The smallest absolute Gasteiger partial charge is 0.267 e. The van der Waals surface area contributed by atoms with E-state index >= 15 is 0 Å². The van der Waals surface area contributed by atoms with E-state index < -0.39 is 0 Å². The van der Waals surface area contributed by atoms with E-state index in [1.807, 2.05) is 31.4 Å². The summed E-state index contributed by atoms with van der Waals surface area (Å²) < 4.78 is 0. The van der Waals surface area contributed by atoms with Gasteiger partial charge in [-0.3, -0.25) is 9.78 Å². The lowest BCUT2D eigenvalue weighted by Crippen LogP contribution is -2.17. The second kappa shape index (κ2) is 5.55. The average molecular weight is 259 g/mol. The van der Waals surface area contributed by atoms with Crippen molar-refractivity contribution < 1.29 is 4.79 Å². The van der Waals surface area contributed by atoms with Gasteiger partial charge in [0.1, 0.15) is 0 Å². The van der Waals surface area contributed by atoms with Crippen molar-refractivity contribution in [3.05, 3.63) is 51.5 Å². The number of carbonyl (C=O) groups is 1. The van der Waals surface area contributed by atoms with Crippen LogP contribution in [0.3, 0.4) is 0 Å². The van der Waals surface area contributed by atoms with Crippen LogP contribution in [0.2, 0.25) is 0 Å². The maximum atomic E-state index is 11.8. The van der Waals surface area contributed by atoms with Crippen LogP contribution in [0.25, 0.3) is 0 Å². The van der Waals surface area contributed by atoms with Gasteiger partial charge in [-0.25, -0.2) is 5.43 Å². The maximum Gasteiger partial charge on any atom is 0.272 e. The van der Waals surface area contributed by atoms with Gasteiger partial charge in [0.2, 0.25) is 0 Å². The van der Waals surface area contributed by atoms with Gasteiger partial charge in [0.15, 0.2) is 0 Å². The van der Waals surface area contributed by atoms with E-state index in [4.69, 9.17) is 0 Å². The summed E-state index contributed by atoms with van der Waals surface area (Å²) in [6.07, 6.45) is 4.93.